The van der Waals surface area contributed by atoms with Gasteiger partial charge in [0.2, 0.25) is 5.88 Å². The predicted octanol–water partition coefficient (Wildman–Crippen LogP) is 1.86. The van der Waals surface area contributed by atoms with Crippen molar-refractivity contribution in [2.45, 2.75) is 26.5 Å². The zero-order valence-corrected chi connectivity index (χ0v) is 9.75. The average Bonchev–Trinajstić information content (AvgIpc) is 2.79. The summed E-state index contributed by atoms with van der Waals surface area (Å²) in [5.41, 5.74) is 0.815. The highest BCUT2D eigenvalue weighted by Gasteiger charge is 2.02. The fraction of sp³-hybridized carbons (Fsp3) is 0.364. The predicted molar refractivity (Wildman–Crippen MR) is 61.6 cm³/mol. The van der Waals surface area contributed by atoms with Gasteiger partial charge < -0.3 is 14.6 Å². The van der Waals surface area contributed by atoms with E-state index in [1.54, 1.807) is 12.1 Å². The number of anilines is 1. The second-order valence-electron chi connectivity index (χ2n) is 3.75. The zero-order chi connectivity index (χ0) is 12.1. The van der Waals surface area contributed by atoms with Crippen molar-refractivity contribution in [2.75, 3.05) is 5.32 Å². The first-order chi connectivity index (χ1) is 8.24. The molecule has 0 aliphatic rings. The van der Waals surface area contributed by atoms with E-state index in [0.29, 0.717) is 18.2 Å². The summed E-state index contributed by atoms with van der Waals surface area (Å²) in [6, 6.07) is 3.54. The van der Waals surface area contributed by atoms with Gasteiger partial charge in [-0.3, -0.25) is 0 Å². The Hall–Kier alpha value is -2.11. The Balaban J connectivity index is 1.96. The van der Waals surface area contributed by atoms with Gasteiger partial charge in [-0.25, -0.2) is 9.97 Å². The molecule has 6 heteroatoms. The van der Waals surface area contributed by atoms with Crippen LogP contribution in [0.3, 0.4) is 0 Å². The first-order valence-corrected chi connectivity index (χ1v) is 5.36. The van der Waals surface area contributed by atoms with E-state index in [-0.39, 0.29) is 6.10 Å². The van der Waals surface area contributed by atoms with E-state index < -0.39 is 0 Å². The molecule has 0 saturated carbocycles. The van der Waals surface area contributed by atoms with Crippen LogP contribution in [-0.4, -0.2) is 21.2 Å². The van der Waals surface area contributed by atoms with E-state index in [4.69, 9.17) is 9.26 Å². The summed E-state index contributed by atoms with van der Waals surface area (Å²) in [5, 5.41) is 6.90. The number of hydrogen-bond donors (Lipinski definition) is 1. The largest absolute Gasteiger partial charge is 0.475 e. The van der Waals surface area contributed by atoms with Crippen LogP contribution in [0, 0.1) is 0 Å². The maximum absolute atomic E-state index is 5.47. The standard InChI is InChI=1S/C11H14N4O2/c1-8(2)17-11-5-10(13-7-14-11)12-6-9-3-4-16-15-9/h3-5,7-8H,6H2,1-2H3,(H,12,13,14). The quantitative estimate of drug-likeness (QED) is 0.851. The molecule has 2 rings (SSSR count). The van der Waals surface area contributed by atoms with Crippen LogP contribution in [0.2, 0.25) is 0 Å². The lowest BCUT2D eigenvalue weighted by atomic mass is 10.4. The van der Waals surface area contributed by atoms with Crippen LogP contribution < -0.4 is 10.1 Å². The molecule has 0 fully saturated rings. The SMILES string of the molecule is CC(C)Oc1cc(NCc2ccon2)ncn1. The number of nitrogens with zero attached hydrogens (tertiary/aromatic N) is 3. The lowest BCUT2D eigenvalue weighted by Crippen LogP contribution is -2.08. The Bertz CT molecular complexity index is 456. The minimum absolute atomic E-state index is 0.0910. The first-order valence-electron chi connectivity index (χ1n) is 5.36. The van der Waals surface area contributed by atoms with Crippen molar-refractivity contribution in [3.63, 3.8) is 0 Å². The summed E-state index contributed by atoms with van der Waals surface area (Å²) < 4.78 is 10.2. The first kappa shape index (κ1) is 11.4. The van der Waals surface area contributed by atoms with Gasteiger partial charge >= 0.3 is 0 Å². The molecule has 2 aromatic heterocycles. The van der Waals surface area contributed by atoms with Gasteiger partial charge in [0, 0.05) is 12.1 Å². The van der Waals surface area contributed by atoms with Crippen molar-refractivity contribution in [3.8, 4) is 5.88 Å². The minimum Gasteiger partial charge on any atom is -0.475 e. The van der Waals surface area contributed by atoms with E-state index >= 15 is 0 Å². The van der Waals surface area contributed by atoms with Crippen molar-refractivity contribution in [1.29, 1.82) is 0 Å². The monoisotopic (exact) mass is 234 g/mol. The Morgan fingerprint density at radius 3 is 3.00 bits per heavy atom. The summed E-state index contributed by atoms with van der Waals surface area (Å²) in [5.74, 6) is 1.25. The number of ether oxygens (including phenoxy) is 1. The average molecular weight is 234 g/mol. The molecule has 0 aliphatic carbocycles. The number of nitrogens with one attached hydrogen (secondary N) is 1. The van der Waals surface area contributed by atoms with Crippen LogP contribution in [0.5, 0.6) is 5.88 Å². The molecule has 0 spiro atoms. The van der Waals surface area contributed by atoms with Crippen molar-refractivity contribution in [2.24, 2.45) is 0 Å². The summed E-state index contributed by atoms with van der Waals surface area (Å²) >= 11 is 0. The summed E-state index contributed by atoms with van der Waals surface area (Å²) in [6.07, 6.45) is 3.08. The molecular weight excluding hydrogens is 220 g/mol. The van der Waals surface area contributed by atoms with E-state index in [1.807, 2.05) is 13.8 Å². The molecule has 1 N–H and O–H groups in total. The van der Waals surface area contributed by atoms with Gasteiger partial charge in [0.15, 0.2) is 0 Å². The number of rotatable bonds is 5. The lowest BCUT2D eigenvalue weighted by Gasteiger charge is -2.09. The molecule has 0 aliphatic heterocycles. The molecule has 0 amide bonds. The zero-order valence-electron chi connectivity index (χ0n) is 9.75. The maximum atomic E-state index is 5.47. The van der Waals surface area contributed by atoms with Crippen LogP contribution in [0.4, 0.5) is 5.82 Å². The van der Waals surface area contributed by atoms with E-state index in [0.717, 1.165) is 5.69 Å². The second-order valence-corrected chi connectivity index (χ2v) is 3.75. The molecule has 0 aromatic carbocycles. The van der Waals surface area contributed by atoms with Gasteiger partial charge in [-0.1, -0.05) is 5.16 Å². The minimum atomic E-state index is 0.0910. The van der Waals surface area contributed by atoms with Gasteiger partial charge in [-0.2, -0.15) is 0 Å². The normalized spacial score (nSPS) is 10.5. The Morgan fingerprint density at radius 1 is 1.41 bits per heavy atom. The third-order valence-electron chi connectivity index (χ3n) is 1.94. The molecule has 2 heterocycles. The van der Waals surface area contributed by atoms with Crippen LogP contribution in [0.15, 0.2) is 29.2 Å². The third-order valence-corrected chi connectivity index (χ3v) is 1.94. The molecular formula is C11H14N4O2. The molecule has 17 heavy (non-hydrogen) atoms. The van der Waals surface area contributed by atoms with E-state index in [1.165, 1.54) is 12.6 Å². The van der Waals surface area contributed by atoms with E-state index in [9.17, 15) is 0 Å². The van der Waals surface area contributed by atoms with Gasteiger partial charge in [0.25, 0.3) is 0 Å². The molecule has 0 unspecified atom stereocenters. The molecule has 0 atom stereocenters. The van der Waals surface area contributed by atoms with Crippen molar-refractivity contribution < 1.29 is 9.26 Å². The van der Waals surface area contributed by atoms with Crippen molar-refractivity contribution in [1.82, 2.24) is 15.1 Å². The van der Waals surface area contributed by atoms with E-state index in [2.05, 4.69) is 20.4 Å². The molecule has 90 valence electrons. The van der Waals surface area contributed by atoms with Crippen LogP contribution in [0.1, 0.15) is 19.5 Å². The molecule has 0 bridgehead atoms. The fourth-order valence-corrected chi connectivity index (χ4v) is 1.25. The summed E-state index contributed by atoms with van der Waals surface area (Å²) in [6.45, 7) is 4.45. The topological polar surface area (TPSA) is 73.1 Å². The molecule has 6 nitrogen and oxygen atoms in total. The van der Waals surface area contributed by atoms with Gasteiger partial charge in [0.05, 0.1) is 12.6 Å². The van der Waals surface area contributed by atoms with Crippen LogP contribution >= 0.6 is 0 Å². The van der Waals surface area contributed by atoms with Gasteiger partial charge in [0.1, 0.15) is 24.1 Å². The third kappa shape index (κ3) is 3.44. The highest BCUT2D eigenvalue weighted by molar-refractivity contribution is 5.37. The molecule has 2 aromatic rings. The highest BCUT2D eigenvalue weighted by atomic mass is 16.5. The highest BCUT2D eigenvalue weighted by Crippen LogP contribution is 2.13. The van der Waals surface area contributed by atoms with Crippen LogP contribution in [-0.2, 0) is 6.54 Å². The molecule has 0 saturated heterocycles. The Labute approximate surface area is 99.0 Å². The molecule has 0 radical (unpaired) electrons. The summed E-state index contributed by atoms with van der Waals surface area (Å²) in [7, 11) is 0. The maximum Gasteiger partial charge on any atom is 0.218 e. The number of hydrogen-bond acceptors (Lipinski definition) is 6. The fourth-order valence-electron chi connectivity index (χ4n) is 1.25. The lowest BCUT2D eigenvalue weighted by molar-refractivity contribution is 0.232. The summed E-state index contributed by atoms with van der Waals surface area (Å²) in [4.78, 5) is 8.10. The second kappa shape index (κ2) is 5.29. The van der Waals surface area contributed by atoms with Crippen LogP contribution in [0.25, 0.3) is 0 Å². The Kier molecular flexibility index (Phi) is 3.54. The van der Waals surface area contributed by atoms with Crippen molar-refractivity contribution >= 4 is 5.82 Å². The smallest absolute Gasteiger partial charge is 0.218 e. The van der Waals surface area contributed by atoms with Gasteiger partial charge in [-0.15, -0.1) is 0 Å². The van der Waals surface area contributed by atoms with Gasteiger partial charge in [-0.05, 0) is 13.8 Å². The Morgan fingerprint density at radius 2 is 2.29 bits per heavy atom. The van der Waals surface area contributed by atoms with Crippen molar-refractivity contribution in [3.05, 3.63) is 30.4 Å². The number of aromatic nitrogens is 3.